The summed E-state index contributed by atoms with van der Waals surface area (Å²) in [5.41, 5.74) is 0.225. The van der Waals surface area contributed by atoms with Crippen LogP contribution in [0.4, 0.5) is 5.69 Å². The number of carbonyl (C=O) groups excluding carboxylic acids is 3. The fourth-order valence-electron chi connectivity index (χ4n) is 1.89. The lowest BCUT2D eigenvalue weighted by Gasteiger charge is -2.10. The Morgan fingerprint density at radius 3 is 2.25 bits per heavy atom. The molecule has 0 aliphatic carbocycles. The predicted octanol–water partition coefficient (Wildman–Crippen LogP) is 3.32. The first kappa shape index (κ1) is 21.8. The number of benzene rings is 2. The highest BCUT2D eigenvalue weighted by atomic mass is 35.5. The molecule has 2 aromatic carbocycles. The average Bonchev–Trinajstić information content (AvgIpc) is 2.68. The van der Waals surface area contributed by atoms with Crippen molar-refractivity contribution in [3.05, 3.63) is 57.5 Å². The molecule has 2 amide bonds. The number of ether oxygens (including phenoxy) is 2. The highest BCUT2D eigenvalue weighted by Gasteiger charge is 2.12. The number of amides is 2. The van der Waals surface area contributed by atoms with Crippen LogP contribution in [0.3, 0.4) is 0 Å². The van der Waals surface area contributed by atoms with E-state index in [1.165, 1.54) is 12.1 Å². The van der Waals surface area contributed by atoms with Crippen LogP contribution in [0, 0.1) is 0 Å². The van der Waals surface area contributed by atoms with Gasteiger partial charge < -0.3 is 20.1 Å². The molecular formula is C18H15Cl3N2O5. The van der Waals surface area contributed by atoms with E-state index < -0.39 is 30.9 Å². The second-order valence-corrected chi connectivity index (χ2v) is 6.56. The zero-order valence-electron chi connectivity index (χ0n) is 14.3. The van der Waals surface area contributed by atoms with Crippen LogP contribution >= 0.6 is 34.8 Å². The number of halogens is 3. The Morgan fingerprint density at radius 1 is 0.857 bits per heavy atom. The van der Waals surface area contributed by atoms with Gasteiger partial charge in [-0.25, -0.2) is 0 Å². The van der Waals surface area contributed by atoms with Gasteiger partial charge in [-0.2, -0.15) is 0 Å². The van der Waals surface area contributed by atoms with E-state index in [2.05, 4.69) is 10.6 Å². The van der Waals surface area contributed by atoms with Crippen molar-refractivity contribution in [2.75, 3.05) is 25.1 Å². The minimum absolute atomic E-state index is 0.180. The van der Waals surface area contributed by atoms with Crippen molar-refractivity contribution in [1.29, 1.82) is 0 Å². The molecule has 7 nitrogen and oxygen atoms in total. The molecule has 2 N–H and O–H groups in total. The molecule has 0 saturated carbocycles. The van der Waals surface area contributed by atoms with Gasteiger partial charge >= 0.3 is 5.97 Å². The molecule has 2 aromatic rings. The lowest BCUT2D eigenvalue weighted by Crippen LogP contribution is -2.35. The van der Waals surface area contributed by atoms with Crippen LogP contribution in [0.1, 0.15) is 0 Å². The van der Waals surface area contributed by atoms with E-state index in [1.54, 1.807) is 24.3 Å². The smallest absolute Gasteiger partial charge is 0.325 e. The number of para-hydroxylation sites is 1. The third kappa shape index (κ3) is 7.26. The van der Waals surface area contributed by atoms with Crippen LogP contribution < -0.4 is 15.4 Å². The molecule has 0 atom stereocenters. The van der Waals surface area contributed by atoms with E-state index in [4.69, 9.17) is 44.3 Å². The monoisotopic (exact) mass is 444 g/mol. The standard InChI is InChI=1S/C18H15Cl3N2O5/c19-12-6-14(21)15(7-13(12)20)23-17(25)10-28-18(26)8-22-16(24)9-27-11-4-2-1-3-5-11/h1-7H,8-10H2,(H,22,24)(H,23,25). The van der Waals surface area contributed by atoms with Gasteiger partial charge in [0.2, 0.25) is 0 Å². The SMILES string of the molecule is O=C(COc1ccccc1)NCC(=O)OCC(=O)Nc1cc(Cl)c(Cl)cc1Cl. The summed E-state index contributed by atoms with van der Waals surface area (Å²) < 4.78 is 10.0. The lowest BCUT2D eigenvalue weighted by molar-refractivity contribution is -0.147. The van der Waals surface area contributed by atoms with E-state index in [0.717, 1.165) is 0 Å². The van der Waals surface area contributed by atoms with Crippen molar-refractivity contribution < 1.29 is 23.9 Å². The molecule has 0 saturated heterocycles. The third-order valence-corrected chi connectivity index (χ3v) is 4.23. The van der Waals surface area contributed by atoms with E-state index in [0.29, 0.717) is 5.75 Å². The quantitative estimate of drug-likeness (QED) is 0.480. The number of carbonyl (C=O) groups is 3. The molecule has 0 fully saturated rings. The van der Waals surface area contributed by atoms with Gasteiger partial charge in [-0.05, 0) is 24.3 Å². The van der Waals surface area contributed by atoms with Crippen LogP contribution in [0.25, 0.3) is 0 Å². The number of hydrogen-bond acceptors (Lipinski definition) is 5. The van der Waals surface area contributed by atoms with Crippen molar-refractivity contribution in [2.45, 2.75) is 0 Å². The van der Waals surface area contributed by atoms with E-state index in [9.17, 15) is 14.4 Å². The van der Waals surface area contributed by atoms with Crippen molar-refractivity contribution >= 4 is 58.3 Å². The van der Waals surface area contributed by atoms with E-state index >= 15 is 0 Å². The Kier molecular flexibility index (Phi) is 8.38. The summed E-state index contributed by atoms with van der Waals surface area (Å²) in [6.07, 6.45) is 0. The minimum atomic E-state index is -0.788. The third-order valence-electron chi connectivity index (χ3n) is 3.19. The molecule has 10 heteroatoms. The maximum Gasteiger partial charge on any atom is 0.325 e. The molecule has 0 heterocycles. The first-order valence-corrected chi connectivity index (χ1v) is 9.03. The molecule has 0 aromatic heterocycles. The van der Waals surface area contributed by atoms with E-state index in [1.807, 2.05) is 6.07 Å². The summed E-state index contributed by atoms with van der Waals surface area (Å²) in [5, 5.41) is 5.39. The molecule has 148 valence electrons. The van der Waals surface area contributed by atoms with Crippen molar-refractivity contribution in [2.24, 2.45) is 0 Å². The zero-order valence-corrected chi connectivity index (χ0v) is 16.6. The summed E-state index contributed by atoms with van der Waals surface area (Å²) in [6, 6.07) is 11.5. The lowest BCUT2D eigenvalue weighted by atomic mass is 10.3. The Morgan fingerprint density at radius 2 is 1.54 bits per heavy atom. The van der Waals surface area contributed by atoms with Crippen LogP contribution in [-0.4, -0.2) is 37.5 Å². The van der Waals surface area contributed by atoms with Gasteiger partial charge in [0.25, 0.3) is 11.8 Å². The highest BCUT2D eigenvalue weighted by Crippen LogP contribution is 2.32. The van der Waals surface area contributed by atoms with Gasteiger partial charge in [0, 0.05) is 0 Å². The van der Waals surface area contributed by atoms with Crippen molar-refractivity contribution in [3.8, 4) is 5.75 Å². The predicted molar refractivity (Wildman–Crippen MR) is 106 cm³/mol. The maximum absolute atomic E-state index is 11.8. The summed E-state index contributed by atoms with van der Waals surface area (Å²) >= 11 is 17.6. The van der Waals surface area contributed by atoms with Gasteiger partial charge in [-0.15, -0.1) is 0 Å². The van der Waals surface area contributed by atoms with Crippen molar-refractivity contribution in [3.63, 3.8) is 0 Å². The Labute approximate surface area is 175 Å². The number of esters is 1. The summed E-state index contributed by atoms with van der Waals surface area (Å²) in [5.74, 6) is -1.40. The minimum Gasteiger partial charge on any atom is -0.484 e. The highest BCUT2D eigenvalue weighted by molar-refractivity contribution is 6.44. The van der Waals surface area contributed by atoms with Gasteiger partial charge in [0.15, 0.2) is 13.2 Å². The first-order valence-electron chi connectivity index (χ1n) is 7.89. The molecular weight excluding hydrogens is 431 g/mol. The van der Waals surface area contributed by atoms with E-state index in [-0.39, 0.29) is 27.4 Å². The van der Waals surface area contributed by atoms with Gasteiger partial charge in [-0.3, -0.25) is 14.4 Å². The number of anilines is 1. The molecule has 0 aliphatic rings. The van der Waals surface area contributed by atoms with Gasteiger partial charge in [0.1, 0.15) is 12.3 Å². The molecule has 0 bridgehead atoms. The molecule has 2 rings (SSSR count). The summed E-state index contributed by atoms with van der Waals surface area (Å²) in [7, 11) is 0. The Hall–Kier alpha value is -2.48. The number of rotatable bonds is 8. The largest absolute Gasteiger partial charge is 0.484 e. The fraction of sp³-hybridized carbons (Fsp3) is 0.167. The van der Waals surface area contributed by atoms with Crippen LogP contribution in [0.2, 0.25) is 15.1 Å². The second kappa shape index (κ2) is 10.8. The maximum atomic E-state index is 11.8. The fourth-order valence-corrected chi connectivity index (χ4v) is 2.48. The molecule has 0 aliphatic heterocycles. The normalized spacial score (nSPS) is 10.1. The average molecular weight is 446 g/mol. The molecule has 0 unspecified atom stereocenters. The second-order valence-electron chi connectivity index (χ2n) is 5.33. The first-order chi connectivity index (χ1) is 13.3. The summed E-state index contributed by atoms with van der Waals surface area (Å²) in [4.78, 5) is 35.1. The summed E-state index contributed by atoms with van der Waals surface area (Å²) in [6.45, 7) is -1.23. The molecule has 0 radical (unpaired) electrons. The zero-order chi connectivity index (χ0) is 20.5. The Balaban J connectivity index is 1.68. The van der Waals surface area contributed by atoms with Gasteiger partial charge in [0.05, 0.1) is 20.8 Å². The molecule has 28 heavy (non-hydrogen) atoms. The Bertz CT molecular complexity index is 862. The number of nitrogens with one attached hydrogen (secondary N) is 2. The molecule has 0 spiro atoms. The van der Waals surface area contributed by atoms with Crippen LogP contribution in [0.5, 0.6) is 5.75 Å². The van der Waals surface area contributed by atoms with Gasteiger partial charge in [-0.1, -0.05) is 53.0 Å². The number of hydrogen-bond donors (Lipinski definition) is 2. The topological polar surface area (TPSA) is 93.7 Å². The van der Waals surface area contributed by atoms with Crippen LogP contribution in [0.15, 0.2) is 42.5 Å². The van der Waals surface area contributed by atoms with Crippen LogP contribution in [-0.2, 0) is 19.1 Å². The van der Waals surface area contributed by atoms with Crippen molar-refractivity contribution in [1.82, 2.24) is 5.32 Å².